The van der Waals surface area contributed by atoms with Crippen LogP contribution in [0.3, 0.4) is 0 Å². The van der Waals surface area contributed by atoms with E-state index in [1.54, 1.807) is 0 Å². The van der Waals surface area contributed by atoms with Crippen LogP contribution in [0.4, 0.5) is 0 Å². The lowest BCUT2D eigenvalue weighted by atomic mass is 9.64. The van der Waals surface area contributed by atoms with E-state index in [4.69, 9.17) is 16.3 Å². The Balaban J connectivity index is 1.58. The number of hydrogen-bond acceptors (Lipinski definition) is 2. The Hall–Kier alpha value is -1.26. The van der Waals surface area contributed by atoms with Gasteiger partial charge in [0.25, 0.3) is 0 Å². The van der Waals surface area contributed by atoms with Crippen molar-refractivity contribution in [2.45, 2.75) is 50.5 Å². The van der Waals surface area contributed by atoms with E-state index in [1.165, 1.54) is 24.8 Å². The number of ether oxygens (including phenoxy) is 1. The number of piperidine rings is 1. The van der Waals surface area contributed by atoms with Crippen LogP contribution in [-0.2, 0) is 10.2 Å². The SMILES string of the molecule is CCOC1CCN(C(=NC)NCC2(c3ccc(Cl)cc3)CCC2)CC1. The molecule has 1 aromatic carbocycles. The van der Waals surface area contributed by atoms with Crippen LogP contribution in [0.1, 0.15) is 44.6 Å². The number of rotatable bonds is 5. The Labute approximate surface area is 156 Å². The first-order valence-electron chi connectivity index (χ1n) is 9.50. The van der Waals surface area contributed by atoms with Gasteiger partial charge in [-0.15, -0.1) is 0 Å². The van der Waals surface area contributed by atoms with Gasteiger partial charge < -0.3 is 15.0 Å². The second-order valence-electron chi connectivity index (χ2n) is 7.18. The lowest BCUT2D eigenvalue weighted by Crippen LogP contribution is -2.52. The molecule has 5 heteroatoms. The molecule has 1 saturated heterocycles. The second-order valence-corrected chi connectivity index (χ2v) is 7.62. The zero-order valence-corrected chi connectivity index (χ0v) is 16.2. The van der Waals surface area contributed by atoms with Crippen LogP contribution < -0.4 is 5.32 Å². The standard InChI is InChI=1S/C20H30ClN3O/c1-3-25-18-9-13-24(14-10-18)19(22-2)23-15-20(11-4-12-20)16-5-7-17(21)8-6-16/h5-8,18H,3-4,9-15H2,1-2H3,(H,22,23). The minimum absolute atomic E-state index is 0.226. The van der Waals surface area contributed by atoms with E-state index < -0.39 is 0 Å². The van der Waals surface area contributed by atoms with Gasteiger partial charge in [0.15, 0.2) is 5.96 Å². The number of guanidine groups is 1. The summed E-state index contributed by atoms with van der Waals surface area (Å²) in [6.07, 6.45) is 6.32. The average Bonchev–Trinajstić information content (AvgIpc) is 2.60. The highest BCUT2D eigenvalue weighted by Crippen LogP contribution is 2.43. The summed E-state index contributed by atoms with van der Waals surface area (Å²) in [6.45, 7) is 5.84. The Kier molecular flexibility index (Phi) is 6.24. The van der Waals surface area contributed by atoms with Crippen LogP contribution in [0.5, 0.6) is 0 Å². The quantitative estimate of drug-likeness (QED) is 0.638. The van der Waals surface area contributed by atoms with Crippen molar-refractivity contribution in [1.29, 1.82) is 0 Å². The first kappa shape index (κ1) is 18.5. The van der Waals surface area contributed by atoms with E-state index in [-0.39, 0.29) is 5.41 Å². The fourth-order valence-corrected chi connectivity index (χ4v) is 4.15. The van der Waals surface area contributed by atoms with Crippen LogP contribution in [0, 0.1) is 0 Å². The Bertz CT molecular complexity index is 575. The number of halogens is 1. The van der Waals surface area contributed by atoms with E-state index in [9.17, 15) is 0 Å². The molecule has 138 valence electrons. The molecular weight excluding hydrogens is 334 g/mol. The predicted octanol–water partition coefficient (Wildman–Crippen LogP) is 3.84. The molecule has 1 aromatic rings. The van der Waals surface area contributed by atoms with Crippen LogP contribution >= 0.6 is 11.6 Å². The summed E-state index contributed by atoms with van der Waals surface area (Å²) >= 11 is 6.06. The molecule has 1 N–H and O–H groups in total. The van der Waals surface area contributed by atoms with Gasteiger partial charge in [-0.2, -0.15) is 0 Å². The maximum Gasteiger partial charge on any atom is 0.193 e. The van der Waals surface area contributed by atoms with Crippen molar-refractivity contribution in [3.05, 3.63) is 34.9 Å². The molecule has 0 bridgehead atoms. The smallest absolute Gasteiger partial charge is 0.193 e. The third-order valence-electron chi connectivity index (χ3n) is 5.71. The summed E-state index contributed by atoms with van der Waals surface area (Å²) in [5.41, 5.74) is 1.62. The average molecular weight is 364 g/mol. The summed E-state index contributed by atoms with van der Waals surface area (Å²) in [4.78, 5) is 6.89. The molecule has 0 radical (unpaired) electrons. The molecule has 1 aliphatic carbocycles. The van der Waals surface area contributed by atoms with Gasteiger partial charge in [-0.3, -0.25) is 4.99 Å². The van der Waals surface area contributed by atoms with Gasteiger partial charge in [-0.1, -0.05) is 30.2 Å². The molecule has 0 amide bonds. The summed E-state index contributed by atoms with van der Waals surface area (Å²) in [7, 11) is 1.88. The summed E-state index contributed by atoms with van der Waals surface area (Å²) < 4.78 is 5.76. The van der Waals surface area contributed by atoms with Crippen LogP contribution in [0.15, 0.2) is 29.3 Å². The van der Waals surface area contributed by atoms with Crippen molar-refractivity contribution in [3.8, 4) is 0 Å². The van der Waals surface area contributed by atoms with Crippen LogP contribution in [-0.4, -0.2) is 50.3 Å². The van der Waals surface area contributed by atoms with Gasteiger partial charge in [-0.05, 0) is 50.3 Å². The first-order valence-corrected chi connectivity index (χ1v) is 9.88. The molecule has 3 rings (SSSR count). The fraction of sp³-hybridized carbons (Fsp3) is 0.650. The molecule has 0 aromatic heterocycles. The highest BCUT2D eigenvalue weighted by atomic mass is 35.5. The molecule has 2 aliphatic rings. The van der Waals surface area contributed by atoms with Gasteiger partial charge in [0.1, 0.15) is 0 Å². The van der Waals surface area contributed by atoms with E-state index in [2.05, 4.69) is 34.3 Å². The van der Waals surface area contributed by atoms with Gasteiger partial charge in [0, 0.05) is 43.7 Å². The Morgan fingerprint density at radius 3 is 2.48 bits per heavy atom. The minimum atomic E-state index is 0.226. The fourth-order valence-electron chi connectivity index (χ4n) is 4.03. The lowest BCUT2D eigenvalue weighted by molar-refractivity contribution is 0.0262. The predicted molar refractivity (Wildman–Crippen MR) is 105 cm³/mol. The summed E-state index contributed by atoms with van der Waals surface area (Å²) in [6, 6.07) is 8.37. The van der Waals surface area contributed by atoms with Crippen molar-refractivity contribution >= 4 is 17.6 Å². The molecule has 0 unspecified atom stereocenters. The summed E-state index contributed by atoms with van der Waals surface area (Å²) in [5.74, 6) is 1.02. The molecule has 4 nitrogen and oxygen atoms in total. The van der Waals surface area contributed by atoms with Crippen LogP contribution in [0.2, 0.25) is 5.02 Å². The second kappa shape index (κ2) is 8.41. The highest BCUT2D eigenvalue weighted by molar-refractivity contribution is 6.30. The van der Waals surface area contributed by atoms with Crippen molar-refractivity contribution in [2.75, 3.05) is 33.3 Å². The first-order chi connectivity index (χ1) is 12.2. The number of likely N-dealkylation sites (tertiary alicyclic amines) is 1. The maximum atomic E-state index is 6.06. The van der Waals surface area contributed by atoms with Gasteiger partial charge in [-0.25, -0.2) is 0 Å². The summed E-state index contributed by atoms with van der Waals surface area (Å²) in [5, 5.41) is 4.45. The van der Waals surface area contributed by atoms with Gasteiger partial charge in [0.2, 0.25) is 0 Å². The number of aliphatic imine (C=N–C) groups is 1. The minimum Gasteiger partial charge on any atom is -0.378 e. The van der Waals surface area contributed by atoms with E-state index in [0.717, 1.165) is 50.1 Å². The van der Waals surface area contributed by atoms with E-state index >= 15 is 0 Å². The molecule has 2 fully saturated rings. The monoisotopic (exact) mass is 363 g/mol. The van der Waals surface area contributed by atoms with Crippen molar-refractivity contribution < 1.29 is 4.74 Å². The molecule has 1 saturated carbocycles. The van der Waals surface area contributed by atoms with Crippen molar-refractivity contribution in [3.63, 3.8) is 0 Å². The molecular formula is C20H30ClN3O. The molecule has 1 aliphatic heterocycles. The number of nitrogens with zero attached hydrogens (tertiary/aromatic N) is 2. The largest absolute Gasteiger partial charge is 0.378 e. The van der Waals surface area contributed by atoms with Gasteiger partial charge >= 0.3 is 0 Å². The topological polar surface area (TPSA) is 36.9 Å². The molecule has 25 heavy (non-hydrogen) atoms. The van der Waals surface area contributed by atoms with Crippen molar-refractivity contribution in [1.82, 2.24) is 10.2 Å². The number of nitrogens with one attached hydrogen (secondary N) is 1. The zero-order valence-electron chi connectivity index (χ0n) is 15.4. The number of hydrogen-bond donors (Lipinski definition) is 1. The maximum absolute atomic E-state index is 6.06. The van der Waals surface area contributed by atoms with E-state index in [1.807, 2.05) is 19.2 Å². The molecule has 0 spiro atoms. The zero-order chi connectivity index (χ0) is 17.7. The molecule has 0 atom stereocenters. The third kappa shape index (κ3) is 4.29. The lowest BCUT2D eigenvalue weighted by Gasteiger charge is -2.44. The van der Waals surface area contributed by atoms with Crippen molar-refractivity contribution in [2.24, 2.45) is 4.99 Å². The third-order valence-corrected chi connectivity index (χ3v) is 5.96. The Morgan fingerprint density at radius 1 is 1.28 bits per heavy atom. The number of benzene rings is 1. The van der Waals surface area contributed by atoms with Gasteiger partial charge in [0.05, 0.1) is 6.10 Å². The normalized spacial score (nSPS) is 21.1. The highest BCUT2D eigenvalue weighted by Gasteiger charge is 2.39. The Morgan fingerprint density at radius 2 is 1.96 bits per heavy atom. The molecule has 1 heterocycles. The van der Waals surface area contributed by atoms with Crippen LogP contribution in [0.25, 0.3) is 0 Å². The van der Waals surface area contributed by atoms with E-state index in [0.29, 0.717) is 6.10 Å².